The Morgan fingerprint density at radius 2 is 2.27 bits per heavy atom. The molecule has 0 fully saturated rings. The van der Waals surface area contributed by atoms with E-state index in [0.717, 1.165) is 25.0 Å². The lowest BCUT2D eigenvalue weighted by Crippen LogP contribution is -2.04. The highest BCUT2D eigenvalue weighted by atomic mass is 19.1. The monoisotopic (exact) mass is 212 g/mol. The Balaban J connectivity index is 2.82. The molecule has 0 amide bonds. The fraction of sp³-hybridized carbons (Fsp3) is 0.364. The summed E-state index contributed by atoms with van der Waals surface area (Å²) in [5.74, 6) is -1.51. The molecular formula is C11H13FO3. The van der Waals surface area contributed by atoms with Gasteiger partial charge in [-0.2, -0.15) is 0 Å². The molecule has 0 unspecified atom stereocenters. The van der Waals surface area contributed by atoms with E-state index < -0.39 is 11.8 Å². The standard InChI is InChI=1S/C11H13FO3/c1-2-3-6-15-10-7-8(12)4-5-9(10)11(13)14/h4-5,7H,2-3,6H2,1H3,(H,13,14). The molecular weight excluding hydrogens is 199 g/mol. The van der Waals surface area contributed by atoms with Crippen LogP contribution in [0.25, 0.3) is 0 Å². The van der Waals surface area contributed by atoms with Gasteiger partial charge in [0, 0.05) is 6.07 Å². The van der Waals surface area contributed by atoms with E-state index in [-0.39, 0.29) is 11.3 Å². The average molecular weight is 212 g/mol. The van der Waals surface area contributed by atoms with Gasteiger partial charge in [0.1, 0.15) is 17.1 Å². The molecule has 0 radical (unpaired) electrons. The molecule has 0 aromatic heterocycles. The molecule has 0 saturated carbocycles. The number of aromatic carboxylic acids is 1. The number of hydrogen-bond donors (Lipinski definition) is 1. The molecule has 1 rings (SSSR count). The maximum atomic E-state index is 12.8. The molecule has 0 heterocycles. The maximum absolute atomic E-state index is 12.8. The van der Waals surface area contributed by atoms with Crippen LogP contribution in [0.15, 0.2) is 18.2 Å². The second-order valence-electron chi connectivity index (χ2n) is 3.15. The van der Waals surface area contributed by atoms with Crippen LogP contribution in [0.3, 0.4) is 0 Å². The molecule has 15 heavy (non-hydrogen) atoms. The Morgan fingerprint density at radius 1 is 1.53 bits per heavy atom. The second kappa shape index (κ2) is 5.34. The SMILES string of the molecule is CCCCOc1cc(F)ccc1C(=O)O. The summed E-state index contributed by atoms with van der Waals surface area (Å²) in [7, 11) is 0. The number of rotatable bonds is 5. The Morgan fingerprint density at radius 3 is 2.87 bits per heavy atom. The first kappa shape index (κ1) is 11.5. The normalized spacial score (nSPS) is 10.0. The fourth-order valence-corrected chi connectivity index (χ4v) is 1.12. The van der Waals surface area contributed by atoms with Crippen molar-refractivity contribution in [3.05, 3.63) is 29.6 Å². The minimum absolute atomic E-state index is 0.00694. The Labute approximate surface area is 87.5 Å². The average Bonchev–Trinajstić information content (AvgIpc) is 2.18. The second-order valence-corrected chi connectivity index (χ2v) is 3.15. The smallest absolute Gasteiger partial charge is 0.339 e. The first-order valence-corrected chi connectivity index (χ1v) is 4.80. The van der Waals surface area contributed by atoms with Crippen molar-refractivity contribution in [1.82, 2.24) is 0 Å². The van der Waals surface area contributed by atoms with E-state index in [1.165, 1.54) is 6.07 Å². The van der Waals surface area contributed by atoms with Crippen LogP contribution in [0.2, 0.25) is 0 Å². The summed E-state index contributed by atoms with van der Waals surface area (Å²) in [6.07, 6.45) is 1.76. The summed E-state index contributed by atoms with van der Waals surface area (Å²) < 4.78 is 18.0. The van der Waals surface area contributed by atoms with Gasteiger partial charge in [0.15, 0.2) is 0 Å². The summed E-state index contributed by atoms with van der Waals surface area (Å²) in [6, 6.07) is 3.41. The van der Waals surface area contributed by atoms with E-state index in [2.05, 4.69) is 0 Å². The van der Waals surface area contributed by atoms with Crippen molar-refractivity contribution < 1.29 is 19.0 Å². The van der Waals surface area contributed by atoms with E-state index in [0.29, 0.717) is 6.61 Å². The summed E-state index contributed by atoms with van der Waals surface area (Å²) in [5, 5.41) is 8.81. The van der Waals surface area contributed by atoms with Crippen LogP contribution in [-0.4, -0.2) is 17.7 Å². The van der Waals surface area contributed by atoms with Gasteiger partial charge in [-0.1, -0.05) is 13.3 Å². The molecule has 4 heteroatoms. The highest BCUT2D eigenvalue weighted by molar-refractivity contribution is 5.90. The third-order valence-corrected chi connectivity index (χ3v) is 1.93. The zero-order valence-corrected chi connectivity index (χ0v) is 8.50. The summed E-state index contributed by atoms with van der Waals surface area (Å²) in [6.45, 7) is 2.40. The Kier molecular flexibility index (Phi) is 4.09. The molecule has 0 aliphatic carbocycles. The lowest BCUT2D eigenvalue weighted by atomic mass is 10.2. The third kappa shape index (κ3) is 3.23. The van der Waals surface area contributed by atoms with Crippen molar-refractivity contribution in [1.29, 1.82) is 0 Å². The summed E-state index contributed by atoms with van der Waals surface area (Å²) >= 11 is 0. The van der Waals surface area contributed by atoms with Gasteiger partial charge in [-0.3, -0.25) is 0 Å². The zero-order valence-electron chi connectivity index (χ0n) is 8.50. The molecule has 3 nitrogen and oxygen atoms in total. The Hall–Kier alpha value is -1.58. The third-order valence-electron chi connectivity index (χ3n) is 1.93. The van der Waals surface area contributed by atoms with Crippen LogP contribution < -0.4 is 4.74 Å². The zero-order chi connectivity index (χ0) is 11.3. The van der Waals surface area contributed by atoms with Gasteiger partial charge in [-0.05, 0) is 18.6 Å². The van der Waals surface area contributed by atoms with Crippen LogP contribution in [0.5, 0.6) is 5.75 Å². The maximum Gasteiger partial charge on any atom is 0.339 e. The Bertz CT molecular complexity index is 350. The van der Waals surface area contributed by atoms with Gasteiger partial charge in [0.2, 0.25) is 0 Å². The first-order valence-electron chi connectivity index (χ1n) is 4.80. The molecule has 1 N–H and O–H groups in total. The van der Waals surface area contributed by atoms with Crippen molar-refractivity contribution in [3.8, 4) is 5.75 Å². The number of carboxylic acid groups (broad SMARTS) is 1. The predicted octanol–water partition coefficient (Wildman–Crippen LogP) is 2.70. The van der Waals surface area contributed by atoms with Crippen LogP contribution in [0, 0.1) is 5.82 Å². The van der Waals surface area contributed by atoms with Crippen molar-refractivity contribution in [3.63, 3.8) is 0 Å². The number of halogens is 1. The van der Waals surface area contributed by atoms with Crippen LogP contribution in [-0.2, 0) is 0 Å². The molecule has 1 aromatic rings. The highest BCUT2D eigenvalue weighted by Crippen LogP contribution is 2.20. The topological polar surface area (TPSA) is 46.5 Å². The van der Waals surface area contributed by atoms with Gasteiger partial charge >= 0.3 is 5.97 Å². The molecule has 0 aliphatic rings. The predicted molar refractivity (Wildman–Crippen MR) is 53.8 cm³/mol. The number of unbranched alkanes of at least 4 members (excludes halogenated alkanes) is 1. The van der Waals surface area contributed by atoms with E-state index in [4.69, 9.17) is 9.84 Å². The number of carboxylic acids is 1. The van der Waals surface area contributed by atoms with Crippen LogP contribution >= 0.6 is 0 Å². The molecule has 0 spiro atoms. The lowest BCUT2D eigenvalue weighted by molar-refractivity contribution is 0.0692. The van der Waals surface area contributed by atoms with Crippen molar-refractivity contribution in [2.45, 2.75) is 19.8 Å². The molecule has 82 valence electrons. The lowest BCUT2D eigenvalue weighted by Gasteiger charge is -2.08. The summed E-state index contributed by atoms with van der Waals surface area (Å²) in [5.41, 5.74) is -0.00694. The van der Waals surface area contributed by atoms with Gasteiger partial charge in [-0.15, -0.1) is 0 Å². The number of hydrogen-bond acceptors (Lipinski definition) is 2. The minimum Gasteiger partial charge on any atom is -0.493 e. The van der Waals surface area contributed by atoms with E-state index in [1.807, 2.05) is 6.92 Å². The van der Waals surface area contributed by atoms with E-state index >= 15 is 0 Å². The van der Waals surface area contributed by atoms with Gasteiger partial charge < -0.3 is 9.84 Å². The number of ether oxygens (including phenoxy) is 1. The van der Waals surface area contributed by atoms with E-state index in [9.17, 15) is 9.18 Å². The van der Waals surface area contributed by atoms with Crippen molar-refractivity contribution in [2.24, 2.45) is 0 Å². The van der Waals surface area contributed by atoms with E-state index in [1.54, 1.807) is 0 Å². The quantitative estimate of drug-likeness (QED) is 0.763. The molecule has 0 aliphatic heterocycles. The van der Waals surface area contributed by atoms with Crippen molar-refractivity contribution >= 4 is 5.97 Å². The first-order chi connectivity index (χ1) is 7.15. The molecule has 0 saturated heterocycles. The van der Waals surface area contributed by atoms with Gasteiger partial charge in [0.25, 0.3) is 0 Å². The number of benzene rings is 1. The molecule has 0 bridgehead atoms. The minimum atomic E-state index is -1.11. The molecule has 0 atom stereocenters. The van der Waals surface area contributed by atoms with Gasteiger partial charge in [0.05, 0.1) is 6.61 Å². The molecule has 1 aromatic carbocycles. The fourth-order valence-electron chi connectivity index (χ4n) is 1.12. The summed E-state index contributed by atoms with van der Waals surface area (Å²) in [4.78, 5) is 10.8. The van der Waals surface area contributed by atoms with Crippen LogP contribution in [0.1, 0.15) is 30.1 Å². The largest absolute Gasteiger partial charge is 0.493 e. The van der Waals surface area contributed by atoms with Crippen molar-refractivity contribution in [2.75, 3.05) is 6.61 Å². The van der Waals surface area contributed by atoms with Crippen LogP contribution in [0.4, 0.5) is 4.39 Å². The van der Waals surface area contributed by atoms with Gasteiger partial charge in [-0.25, -0.2) is 9.18 Å². The highest BCUT2D eigenvalue weighted by Gasteiger charge is 2.11. The number of carbonyl (C=O) groups is 1.